The number of rotatable bonds is 4. The van der Waals surface area contributed by atoms with Crippen LogP contribution in [-0.2, 0) is 10.8 Å². The molecular formula is C112H74. The summed E-state index contributed by atoms with van der Waals surface area (Å²) in [6.07, 6.45) is 0. The maximum absolute atomic E-state index is 2.34. The summed E-state index contributed by atoms with van der Waals surface area (Å²) in [5, 5.41) is 26.8. The van der Waals surface area contributed by atoms with Gasteiger partial charge in [-0.15, -0.1) is 0 Å². The maximum Gasteiger partial charge on any atom is 0.0719 e. The molecule has 0 unspecified atom stereocenters. The zero-order valence-electron chi connectivity index (χ0n) is 61.7. The number of fused-ring (bicyclic) bond motifs is 21. The van der Waals surface area contributed by atoms with Gasteiger partial charge in [0.2, 0.25) is 0 Å². The Balaban J connectivity index is 0.0000000914. The van der Waals surface area contributed by atoms with Crippen LogP contribution in [0.3, 0.4) is 0 Å². The third-order valence-electron chi connectivity index (χ3n) is 24.1. The van der Waals surface area contributed by atoms with Gasteiger partial charge in [0.25, 0.3) is 0 Å². The summed E-state index contributed by atoms with van der Waals surface area (Å²) in [6.45, 7) is 0. The summed E-state index contributed by atoms with van der Waals surface area (Å²) in [4.78, 5) is 0. The summed E-state index contributed by atoms with van der Waals surface area (Å²) >= 11 is 0. The molecule has 0 heterocycles. The highest BCUT2D eigenvalue weighted by atomic mass is 14.5. The Bertz CT molecular complexity index is 7020. The van der Waals surface area contributed by atoms with E-state index >= 15 is 0 Å². The second kappa shape index (κ2) is 27.4. The lowest BCUT2D eigenvalue weighted by Gasteiger charge is -2.34. The van der Waals surface area contributed by atoms with Crippen molar-refractivity contribution in [1.82, 2.24) is 0 Å². The average molecular weight is 1420 g/mol. The minimum atomic E-state index is -0.377. The van der Waals surface area contributed by atoms with E-state index in [0.29, 0.717) is 0 Å². The molecule has 0 saturated heterocycles. The molecule has 0 nitrogen and oxygen atoms in total. The van der Waals surface area contributed by atoms with Crippen LogP contribution in [0.4, 0.5) is 0 Å². The molecule has 22 aromatic carbocycles. The molecule has 0 aromatic heterocycles. The van der Waals surface area contributed by atoms with Crippen molar-refractivity contribution >= 4 is 108 Å². The first-order chi connectivity index (χ1) is 55.6. The maximum atomic E-state index is 2.34. The fourth-order valence-electron chi connectivity index (χ4n) is 19.5. The third-order valence-corrected chi connectivity index (χ3v) is 24.1. The molecule has 0 N–H and O–H groups in total. The lowest BCUT2D eigenvalue weighted by atomic mass is 9.66. The van der Waals surface area contributed by atoms with E-state index in [2.05, 4.69) is 449 Å². The molecule has 22 aromatic rings. The first-order valence-electron chi connectivity index (χ1n) is 39.0. The van der Waals surface area contributed by atoms with E-state index in [1.54, 1.807) is 0 Å². The predicted molar refractivity (Wildman–Crippen MR) is 477 cm³/mol. The SMILES string of the molecule is c1cc2ccc3cccc4ccc(c1)c2c34.c1ccc(C2(c3ccccc3)c3ccccc3-c3c2c2ccccc2c2ccccc32)cc1.c1ccc(C2(c3ccccc3)c3ccccc3-c3c2ccc2ccccc32)cc1.c1ccc2c(c1)-c1cccc3cccc-2c13.c1ccc2c(c1)ccc1c3ccccc3ccc21. The second-order valence-corrected chi connectivity index (χ2v) is 29.8. The summed E-state index contributed by atoms with van der Waals surface area (Å²) in [5.74, 6) is 0. The van der Waals surface area contributed by atoms with Gasteiger partial charge in [0.05, 0.1) is 10.8 Å². The normalized spacial score (nSPS) is 12.8. The zero-order valence-corrected chi connectivity index (χ0v) is 61.7. The second-order valence-electron chi connectivity index (χ2n) is 29.8. The van der Waals surface area contributed by atoms with Gasteiger partial charge in [0.15, 0.2) is 0 Å². The molecule has 0 saturated carbocycles. The van der Waals surface area contributed by atoms with Crippen LogP contribution in [-0.4, -0.2) is 0 Å². The molecule has 0 fully saturated rings. The van der Waals surface area contributed by atoms with Gasteiger partial charge in [-0.1, -0.05) is 449 Å². The molecule has 0 bridgehead atoms. The quantitative estimate of drug-likeness (QED) is 0.154. The Morgan fingerprint density at radius 3 is 0.866 bits per heavy atom. The fraction of sp³-hybridized carbons (Fsp3) is 0.0179. The van der Waals surface area contributed by atoms with E-state index in [1.165, 1.54) is 197 Å². The van der Waals surface area contributed by atoms with E-state index in [9.17, 15) is 0 Å². The first kappa shape index (κ1) is 65.9. The summed E-state index contributed by atoms with van der Waals surface area (Å²) in [6, 6.07) is 163. The zero-order chi connectivity index (χ0) is 74.1. The Morgan fingerprint density at radius 2 is 0.402 bits per heavy atom. The summed E-state index contributed by atoms with van der Waals surface area (Å²) in [7, 11) is 0. The first-order valence-corrected chi connectivity index (χ1v) is 39.0. The van der Waals surface area contributed by atoms with E-state index in [0.717, 1.165) is 0 Å². The van der Waals surface area contributed by atoms with E-state index in [4.69, 9.17) is 0 Å². The lowest BCUT2D eigenvalue weighted by Crippen LogP contribution is -2.28. The smallest absolute Gasteiger partial charge is 0.0622 e. The van der Waals surface area contributed by atoms with Crippen molar-refractivity contribution in [1.29, 1.82) is 0 Å². The molecule has 25 rings (SSSR count). The van der Waals surface area contributed by atoms with Crippen LogP contribution in [0.15, 0.2) is 449 Å². The molecule has 0 amide bonds. The van der Waals surface area contributed by atoms with Crippen molar-refractivity contribution in [3.8, 4) is 44.5 Å². The van der Waals surface area contributed by atoms with Gasteiger partial charge >= 0.3 is 0 Å². The van der Waals surface area contributed by atoms with Crippen molar-refractivity contribution < 1.29 is 0 Å². The van der Waals surface area contributed by atoms with Crippen LogP contribution in [0, 0.1) is 0 Å². The molecule has 0 atom stereocenters. The van der Waals surface area contributed by atoms with Crippen LogP contribution in [0.2, 0.25) is 0 Å². The van der Waals surface area contributed by atoms with Crippen LogP contribution in [0.5, 0.6) is 0 Å². The molecular weight excluding hydrogens is 1350 g/mol. The van der Waals surface area contributed by atoms with Crippen molar-refractivity contribution in [3.63, 3.8) is 0 Å². The standard InChI is InChI=1S/C33H22.C29H20.C18H12.2C16H10/c1-3-13-23(14-4-1)33(24-15-5-2-6-16-24)30-22-12-11-21-29(30)31-27-19-9-7-17-25(27)26-18-8-10-20-28(26)32(31)33;1-3-12-22(13-4-1)29(23-14-5-2-6-15-23)26-18-10-9-17-25(26)28-24-16-8-7-11-21(24)19-20-27(28)29;1-3-7-15-13(5-1)9-11-18-16-8-4-2-6-14(16)10-12-17(15)18;1-3-11-7-9-13-5-2-6-14-10-8-12(4-1)15(11)16(13)14;1-2-8-13-12(7-1)14-9-3-5-11-6-4-10-15(13)16(11)14/h1-22H;1-20H;1-12H;2*1-10H. The van der Waals surface area contributed by atoms with Crippen molar-refractivity contribution in [2.75, 3.05) is 0 Å². The van der Waals surface area contributed by atoms with Gasteiger partial charge in [-0.3, -0.25) is 0 Å². The lowest BCUT2D eigenvalue weighted by molar-refractivity contribution is 0.769. The van der Waals surface area contributed by atoms with Gasteiger partial charge in [-0.05, 0) is 197 Å². The van der Waals surface area contributed by atoms with E-state index in [1.807, 2.05) is 0 Å². The van der Waals surface area contributed by atoms with E-state index < -0.39 is 0 Å². The Kier molecular flexibility index (Phi) is 16.1. The van der Waals surface area contributed by atoms with Crippen LogP contribution >= 0.6 is 0 Å². The highest BCUT2D eigenvalue weighted by Crippen LogP contribution is 2.61. The highest BCUT2D eigenvalue weighted by molar-refractivity contribution is 6.24. The van der Waals surface area contributed by atoms with Gasteiger partial charge in [-0.25, -0.2) is 0 Å². The predicted octanol–water partition coefficient (Wildman–Crippen LogP) is 29.8. The Morgan fingerprint density at radius 1 is 0.125 bits per heavy atom. The van der Waals surface area contributed by atoms with Gasteiger partial charge in [0.1, 0.15) is 0 Å². The Labute approximate surface area is 652 Å². The van der Waals surface area contributed by atoms with Gasteiger partial charge in [-0.2, -0.15) is 0 Å². The molecule has 0 radical (unpaired) electrons. The third kappa shape index (κ3) is 10.4. The van der Waals surface area contributed by atoms with Crippen LogP contribution in [0.1, 0.15) is 44.5 Å². The molecule has 112 heavy (non-hydrogen) atoms. The van der Waals surface area contributed by atoms with Gasteiger partial charge in [0, 0.05) is 0 Å². The van der Waals surface area contributed by atoms with Crippen molar-refractivity contribution in [3.05, 3.63) is 493 Å². The van der Waals surface area contributed by atoms with Crippen LogP contribution in [0.25, 0.3) is 152 Å². The van der Waals surface area contributed by atoms with Crippen molar-refractivity contribution in [2.24, 2.45) is 0 Å². The molecule has 3 aliphatic rings. The number of benzene rings is 22. The Hall–Kier alpha value is -14.3. The fourth-order valence-corrected chi connectivity index (χ4v) is 19.5. The number of hydrogen-bond donors (Lipinski definition) is 0. The molecule has 522 valence electrons. The molecule has 0 heteroatoms. The monoisotopic (exact) mass is 1420 g/mol. The van der Waals surface area contributed by atoms with Gasteiger partial charge < -0.3 is 0 Å². The molecule has 0 spiro atoms. The topological polar surface area (TPSA) is 0 Å². The summed E-state index contributed by atoms with van der Waals surface area (Å²) < 4.78 is 0. The van der Waals surface area contributed by atoms with Crippen LogP contribution < -0.4 is 0 Å². The molecule has 0 aliphatic heterocycles. The highest BCUT2D eigenvalue weighted by Gasteiger charge is 2.49. The summed E-state index contributed by atoms with van der Waals surface area (Å²) in [5.41, 5.74) is 21.0. The molecule has 3 aliphatic carbocycles. The largest absolute Gasteiger partial charge is 0.0719 e. The van der Waals surface area contributed by atoms with E-state index in [-0.39, 0.29) is 10.8 Å². The minimum Gasteiger partial charge on any atom is -0.0622 e. The van der Waals surface area contributed by atoms with Crippen molar-refractivity contribution in [2.45, 2.75) is 10.8 Å². The average Bonchev–Trinajstić information content (AvgIpc) is 1.52. The minimum absolute atomic E-state index is 0.307. The number of hydrogen-bond acceptors (Lipinski definition) is 0.